The van der Waals surface area contributed by atoms with Gasteiger partial charge >= 0.3 is 12.1 Å². The minimum atomic E-state index is -3.22. The highest BCUT2D eigenvalue weighted by Crippen LogP contribution is 2.44. The molecule has 7 heteroatoms. The van der Waals surface area contributed by atoms with Crippen LogP contribution in [0.1, 0.15) is 88.3 Å². The lowest BCUT2D eigenvalue weighted by Gasteiger charge is -2.36. The van der Waals surface area contributed by atoms with Crippen LogP contribution >= 0.6 is 0 Å². The molecule has 248 valence electrons. The SMILES string of the molecule is CCCCCCC1CCCCC1C(F)(F)Oc1ccc(/C=C/C(=O)OCC(C)(Cc2ccc(N)cc2)Cc2ccc(N)cc2)cc1. The molecule has 2 unspecified atom stereocenters. The molecule has 0 amide bonds. The van der Waals surface area contributed by atoms with Gasteiger partial charge in [0.25, 0.3) is 0 Å². The molecule has 4 N–H and O–H groups in total. The van der Waals surface area contributed by atoms with Gasteiger partial charge in [0.05, 0.1) is 12.5 Å². The predicted molar refractivity (Wildman–Crippen MR) is 183 cm³/mol. The molecule has 0 radical (unpaired) electrons. The Labute approximate surface area is 273 Å². The molecular formula is C39H50F2N2O3. The minimum Gasteiger partial charge on any atom is -0.462 e. The van der Waals surface area contributed by atoms with Gasteiger partial charge in [0.15, 0.2) is 0 Å². The van der Waals surface area contributed by atoms with Gasteiger partial charge in [0, 0.05) is 22.9 Å². The van der Waals surface area contributed by atoms with E-state index in [1.807, 2.05) is 48.5 Å². The molecule has 1 aliphatic carbocycles. The number of benzene rings is 3. The second-order valence-corrected chi connectivity index (χ2v) is 13.3. The number of esters is 1. The Kier molecular flexibility index (Phi) is 12.6. The van der Waals surface area contributed by atoms with Crippen LogP contribution in [-0.4, -0.2) is 18.7 Å². The maximum Gasteiger partial charge on any atom is 0.400 e. The number of hydrogen-bond acceptors (Lipinski definition) is 5. The van der Waals surface area contributed by atoms with Gasteiger partial charge in [-0.15, -0.1) is 0 Å². The van der Waals surface area contributed by atoms with E-state index >= 15 is 8.78 Å². The first-order valence-corrected chi connectivity index (χ1v) is 16.8. The van der Waals surface area contributed by atoms with Crippen molar-refractivity contribution in [1.82, 2.24) is 0 Å². The number of rotatable bonds is 16. The van der Waals surface area contributed by atoms with E-state index in [0.717, 1.165) is 62.5 Å². The van der Waals surface area contributed by atoms with Crippen molar-refractivity contribution < 1.29 is 23.0 Å². The lowest BCUT2D eigenvalue weighted by atomic mass is 9.76. The number of carbonyl (C=O) groups excluding carboxylic acids is 1. The first-order valence-electron chi connectivity index (χ1n) is 16.8. The second-order valence-electron chi connectivity index (χ2n) is 13.3. The van der Waals surface area contributed by atoms with E-state index in [1.165, 1.54) is 18.2 Å². The topological polar surface area (TPSA) is 87.6 Å². The fourth-order valence-corrected chi connectivity index (χ4v) is 6.59. The van der Waals surface area contributed by atoms with E-state index in [0.29, 0.717) is 36.2 Å². The average Bonchev–Trinajstić information content (AvgIpc) is 3.04. The summed E-state index contributed by atoms with van der Waals surface area (Å²) < 4.78 is 41.7. The third kappa shape index (κ3) is 10.9. The van der Waals surface area contributed by atoms with Crippen molar-refractivity contribution in [2.24, 2.45) is 17.3 Å². The molecule has 5 nitrogen and oxygen atoms in total. The van der Waals surface area contributed by atoms with Gasteiger partial charge in [-0.3, -0.25) is 0 Å². The zero-order chi connectivity index (χ0) is 33.0. The van der Waals surface area contributed by atoms with Crippen molar-refractivity contribution in [3.05, 3.63) is 95.6 Å². The maximum absolute atomic E-state index is 15.4. The maximum atomic E-state index is 15.4. The summed E-state index contributed by atoms with van der Waals surface area (Å²) in [5.74, 6) is -1.12. The Balaban J connectivity index is 1.33. The molecule has 0 spiro atoms. The van der Waals surface area contributed by atoms with Crippen LogP contribution in [0.3, 0.4) is 0 Å². The van der Waals surface area contributed by atoms with E-state index in [9.17, 15) is 4.79 Å². The standard InChI is InChI=1S/C39H50F2N2O3/c1-3-4-5-6-9-32-10-7-8-11-36(32)39(40,41)46-35-23-16-29(17-24-35)18-25-37(44)45-28-38(2,26-30-12-19-33(42)20-13-30)27-31-14-21-34(43)22-15-31/h12-25,32,36H,3-11,26-28,42-43H2,1-2H3/b25-18+. The highest BCUT2D eigenvalue weighted by molar-refractivity contribution is 5.87. The number of unbranched alkanes of at least 4 members (excludes halogenated alkanes) is 3. The zero-order valence-corrected chi connectivity index (χ0v) is 27.4. The summed E-state index contributed by atoms with van der Waals surface area (Å²) in [6, 6.07) is 21.8. The molecule has 0 bridgehead atoms. The van der Waals surface area contributed by atoms with Crippen molar-refractivity contribution in [2.75, 3.05) is 18.1 Å². The molecule has 46 heavy (non-hydrogen) atoms. The average molecular weight is 633 g/mol. The minimum absolute atomic E-state index is 0.00587. The fourth-order valence-electron chi connectivity index (χ4n) is 6.59. The molecular weight excluding hydrogens is 582 g/mol. The van der Waals surface area contributed by atoms with Crippen LogP contribution in [0.5, 0.6) is 5.75 Å². The van der Waals surface area contributed by atoms with Gasteiger partial charge in [0.2, 0.25) is 0 Å². The van der Waals surface area contributed by atoms with Gasteiger partial charge < -0.3 is 20.9 Å². The van der Waals surface area contributed by atoms with Gasteiger partial charge in [-0.25, -0.2) is 4.79 Å². The normalized spacial score (nSPS) is 17.2. The van der Waals surface area contributed by atoms with Crippen LogP contribution in [-0.2, 0) is 22.4 Å². The number of anilines is 2. The molecule has 3 aromatic rings. The highest BCUT2D eigenvalue weighted by Gasteiger charge is 2.47. The number of nitrogens with two attached hydrogens (primary N) is 2. The zero-order valence-electron chi connectivity index (χ0n) is 27.4. The molecule has 1 fully saturated rings. The van der Waals surface area contributed by atoms with Crippen LogP contribution in [0.4, 0.5) is 20.2 Å². The number of alkyl halides is 2. The summed E-state index contributed by atoms with van der Waals surface area (Å²) in [4.78, 5) is 12.8. The van der Waals surface area contributed by atoms with Crippen molar-refractivity contribution in [3.8, 4) is 5.75 Å². The summed E-state index contributed by atoms with van der Waals surface area (Å²) in [6.45, 7) is 4.45. The van der Waals surface area contributed by atoms with Crippen molar-refractivity contribution in [3.63, 3.8) is 0 Å². The van der Waals surface area contributed by atoms with Crippen LogP contribution in [0, 0.1) is 17.3 Å². The Morgan fingerprint density at radius 2 is 1.43 bits per heavy atom. The van der Waals surface area contributed by atoms with Gasteiger partial charge in [-0.2, -0.15) is 8.78 Å². The summed E-state index contributed by atoms with van der Waals surface area (Å²) in [5.41, 5.74) is 15.6. The summed E-state index contributed by atoms with van der Waals surface area (Å²) >= 11 is 0. The Bertz CT molecular complexity index is 1340. The second kappa shape index (κ2) is 16.6. The van der Waals surface area contributed by atoms with Crippen molar-refractivity contribution >= 4 is 23.4 Å². The Morgan fingerprint density at radius 3 is 2.02 bits per heavy atom. The highest BCUT2D eigenvalue weighted by atomic mass is 19.3. The number of carbonyl (C=O) groups is 1. The number of ether oxygens (including phenoxy) is 2. The van der Waals surface area contributed by atoms with Gasteiger partial charge in [0.1, 0.15) is 5.75 Å². The molecule has 1 aliphatic rings. The summed E-state index contributed by atoms with van der Waals surface area (Å²) in [6.07, 6.45) is 9.52. The summed E-state index contributed by atoms with van der Waals surface area (Å²) in [7, 11) is 0. The number of nitrogen functional groups attached to an aromatic ring is 2. The van der Waals surface area contributed by atoms with E-state index in [4.69, 9.17) is 20.9 Å². The molecule has 0 aromatic heterocycles. The van der Waals surface area contributed by atoms with E-state index in [2.05, 4.69) is 13.8 Å². The third-order valence-corrected chi connectivity index (χ3v) is 9.10. The molecule has 3 aromatic carbocycles. The van der Waals surface area contributed by atoms with Gasteiger partial charge in [-0.1, -0.05) is 88.8 Å². The fraction of sp³-hybridized carbons (Fsp3) is 0.462. The van der Waals surface area contributed by atoms with Crippen LogP contribution < -0.4 is 16.2 Å². The van der Waals surface area contributed by atoms with Crippen LogP contribution in [0.2, 0.25) is 0 Å². The van der Waals surface area contributed by atoms with Crippen molar-refractivity contribution in [2.45, 2.75) is 90.6 Å². The van der Waals surface area contributed by atoms with Crippen LogP contribution in [0.25, 0.3) is 6.08 Å². The first kappa shape index (κ1) is 35.0. The lowest BCUT2D eigenvalue weighted by Crippen LogP contribution is -2.41. The van der Waals surface area contributed by atoms with Crippen LogP contribution in [0.15, 0.2) is 78.9 Å². The third-order valence-electron chi connectivity index (χ3n) is 9.10. The monoisotopic (exact) mass is 632 g/mol. The largest absolute Gasteiger partial charge is 0.462 e. The van der Waals surface area contributed by atoms with E-state index in [-0.39, 0.29) is 23.7 Å². The molecule has 2 atom stereocenters. The quantitative estimate of drug-likeness (QED) is 0.0711. The molecule has 1 saturated carbocycles. The Hall–Kier alpha value is -3.87. The summed E-state index contributed by atoms with van der Waals surface area (Å²) in [5, 5.41) is 0. The smallest absolute Gasteiger partial charge is 0.400 e. The molecule has 0 heterocycles. The number of halogens is 2. The molecule has 0 aliphatic heterocycles. The lowest BCUT2D eigenvalue weighted by molar-refractivity contribution is -0.234. The predicted octanol–water partition coefficient (Wildman–Crippen LogP) is 9.65. The first-order chi connectivity index (χ1) is 22.0. The molecule has 0 saturated heterocycles. The van der Waals surface area contributed by atoms with Gasteiger partial charge in [-0.05, 0) is 97.2 Å². The van der Waals surface area contributed by atoms with Crippen molar-refractivity contribution in [1.29, 1.82) is 0 Å². The number of hydrogen-bond donors (Lipinski definition) is 2. The molecule has 4 rings (SSSR count). The van der Waals surface area contributed by atoms with E-state index in [1.54, 1.807) is 18.2 Å². The van der Waals surface area contributed by atoms with E-state index < -0.39 is 18.0 Å². The Morgan fingerprint density at radius 1 is 0.848 bits per heavy atom.